The number of rotatable bonds is 11. The van der Waals surface area contributed by atoms with Crippen LogP contribution in [0.15, 0.2) is 11.1 Å². The predicted molar refractivity (Wildman–Crippen MR) is 81.3 cm³/mol. The molecule has 1 heterocycles. The molecular formula is C16H28O6. The van der Waals surface area contributed by atoms with E-state index >= 15 is 0 Å². The summed E-state index contributed by atoms with van der Waals surface area (Å²) >= 11 is 0. The Kier molecular flexibility index (Phi) is 8.63. The van der Waals surface area contributed by atoms with Crippen LogP contribution in [0.4, 0.5) is 0 Å². The quantitative estimate of drug-likeness (QED) is 0.431. The molecular weight excluding hydrogens is 288 g/mol. The molecule has 0 aromatic rings. The van der Waals surface area contributed by atoms with Gasteiger partial charge in [-0.1, -0.05) is 13.3 Å². The van der Waals surface area contributed by atoms with Crippen LogP contribution in [0.5, 0.6) is 0 Å². The summed E-state index contributed by atoms with van der Waals surface area (Å²) in [5.74, 6) is -0.351. The van der Waals surface area contributed by atoms with E-state index in [0.29, 0.717) is 18.4 Å². The van der Waals surface area contributed by atoms with Crippen molar-refractivity contribution < 1.29 is 28.5 Å². The number of unbranched alkanes of at least 4 members (excludes halogenated alkanes) is 1. The molecule has 0 saturated carbocycles. The maximum Gasteiger partial charge on any atom is 0.339 e. The average molecular weight is 316 g/mol. The fourth-order valence-corrected chi connectivity index (χ4v) is 2.67. The Bertz CT molecular complexity index is 371. The van der Waals surface area contributed by atoms with Crippen molar-refractivity contribution >= 4 is 5.97 Å². The molecule has 0 radical (unpaired) electrons. The highest BCUT2D eigenvalue weighted by Crippen LogP contribution is 2.33. The van der Waals surface area contributed by atoms with Crippen LogP contribution in [0.3, 0.4) is 0 Å². The standard InChI is InChI=1S/C16H28O6/c1-6-7-8-12-11(9-10-13(18-2)19-3)14(15(17)22-12)16(20-4)21-5/h12-13,16H,6-10H2,1-5H3/t12-/m0/s1. The second kappa shape index (κ2) is 9.94. The summed E-state index contributed by atoms with van der Waals surface area (Å²) in [6.45, 7) is 2.11. The molecule has 0 unspecified atom stereocenters. The Balaban J connectivity index is 2.95. The van der Waals surface area contributed by atoms with Crippen molar-refractivity contribution in [1.29, 1.82) is 0 Å². The highest BCUT2D eigenvalue weighted by Gasteiger charge is 2.38. The van der Waals surface area contributed by atoms with Crippen LogP contribution < -0.4 is 0 Å². The van der Waals surface area contributed by atoms with Gasteiger partial charge >= 0.3 is 5.97 Å². The first kappa shape index (κ1) is 19.1. The maximum absolute atomic E-state index is 12.2. The largest absolute Gasteiger partial charge is 0.454 e. The Hall–Kier alpha value is -0.950. The van der Waals surface area contributed by atoms with Gasteiger partial charge in [0.1, 0.15) is 6.10 Å². The van der Waals surface area contributed by atoms with Gasteiger partial charge in [0.25, 0.3) is 0 Å². The first-order valence-corrected chi connectivity index (χ1v) is 7.67. The van der Waals surface area contributed by atoms with E-state index in [0.717, 1.165) is 24.8 Å². The normalized spacial score (nSPS) is 18.7. The molecule has 1 aliphatic heterocycles. The van der Waals surface area contributed by atoms with Crippen LogP contribution in [0.1, 0.15) is 39.0 Å². The molecule has 128 valence electrons. The second-order valence-corrected chi connectivity index (χ2v) is 5.22. The Morgan fingerprint density at radius 1 is 1.09 bits per heavy atom. The molecule has 1 atom stereocenters. The van der Waals surface area contributed by atoms with Gasteiger partial charge in [-0.3, -0.25) is 0 Å². The lowest BCUT2D eigenvalue weighted by atomic mass is 9.96. The zero-order valence-corrected chi connectivity index (χ0v) is 14.2. The molecule has 0 N–H and O–H groups in total. The van der Waals surface area contributed by atoms with Gasteiger partial charge in [-0.25, -0.2) is 4.79 Å². The fraction of sp³-hybridized carbons (Fsp3) is 0.812. The molecule has 6 heteroatoms. The van der Waals surface area contributed by atoms with Crippen molar-refractivity contribution in [2.75, 3.05) is 28.4 Å². The third kappa shape index (κ3) is 4.78. The van der Waals surface area contributed by atoms with E-state index in [1.807, 2.05) is 0 Å². The van der Waals surface area contributed by atoms with Gasteiger partial charge in [-0.15, -0.1) is 0 Å². The van der Waals surface area contributed by atoms with Gasteiger partial charge in [-0.05, 0) is 24.8 Å². The van der Waals surface area contributed by atoms with Crippen LogP contribution in [-0.4, -0.2) is 53.1 Å². The van der Waals surface area contributed by atoms with E-state index in [2.05, 4.69) is 6.92 Å². The summed E-state index contributed by atoms with van der Waals surface area (Å²) in [7, 11) is 6.22. The third-order valence-electron chi connectivity index (χ3n) is 3.86. The zero-order valence-electron chi connectivity index (χ0n) is 14.2. The highest BCUT2D eigenvalue weighted by molar-refractivity contribution is 5.93. The van der Waals surface area contributed by atoms with Gasteiger partial charge in [-0.2, -0.15) is 0 Å². The first-order chi connectivity index (χ1) is 10.6. The Labute approximate surface area is 132 Å². The summed E-state index contributed by atoms with van der Waals surface area (Å²) in [5.41, 5.74) is 1.42. The molecule has 22 heavy (non-hydrogen) atoms. The lowest BCUT2D eigenvalue weighted by molar-refractivity contribution is -0.145. The zero-order chi connectivity index (χ0) is 16.5. The third-order valence-corrected chi connectivity index (χ3v) is 3.86. The number of cyclic esters (lactones) is 1. The monoisotopic (exact) mass is 316 g/mol. The van der Waals surface area contributed by atoms with Gasteiger partial charge in [0, 0.05) is 34.9 Å². The van der Waals surface area contributed by atoms with Crippen LogP contribution >= 0.6 is 0 Å². The summed E-state index contributed by atoms with van der Waals surface area (Å²) < 4.78 is 26.5. The summed E-state index contributed by atoms with van der Waals surface area (Å²) in [6.07, 6.45) is 2.94. The Morgan fingerprint density at radius 3 is 2.23 bits per heavy atom. The number of hydrogen-bond donors (Lipinski definition) is 0. The van der Waals surface area contributed by atoms with Crippen molar-refractivity contribution in [3.05, 3.63) is 11.1 Å². The number of carbonyl (C=O) groups is 1. The number of carbonyl (C=O) groups excluding carboxylic acids is 1. The van der Waals surface area contributed by atoms with Crippen LogP contribution in [-0.2, 0) is 28.5 Å². The molecule has 1 aliphatic rings. The molecule has 0 saturated heterocycles. The molecule has 0 bridgehead atoms. The van der Waals surface area contributed by atoms with E-state index in [1.165, 1.54) is 14.2 Å². The smallest absolute Gasteiger partial charge is 0.339 e. The van der Waals surface area contributed by atoms with Crippen molar-refractivity contribution in [2.45, 2.75) is 57.7 Å². The molecule has 6 nitrogen and oxygen atoms in total. The van der Waals surface area contributed by atoms with E-state index in [4.69, 9.17) is 23.7 Å². The molecule has 0 aromatic heterocycles. The average Bonchev–Trinajstić information content (AvgIpc) is 2.84. The van der Waals surface area contributed by atoms with Crippen molar-refractivity contribution in [3.8, 4) is 0 Å². The lowest BCUT2D eigenvalue weighted by Crippen LogP contribution is -2.21. The predicted octanol–water partition coefficient (Wildman–Crippen LogP) is 2.42. The summed E-state index contributed by atoms with van der Waals surface area (Å²) in [6, 6.07) is 0. The number of esters is 1. The number of methoxy groups -OCH3 is 4. The maximum atomic E-state index is 12.2. The van der Waals surface area contributed by atoms with Crippen molar-refractivity contribution in [3.63, 3.8) is 0 Å². The minimum atomic E-state index is -0.697. The molecule has 0 aromatic carbocycles. The van der Waals surface area contributed by atoms with E-state index in [1.54, 1.807) is 14.2 Å². The number of hydrogen-bond acceptors (Lipinski definition) is 6. The lowest BCUT2D eigenvalue weighted by Gasteiger charge is -2.18. The van der Waals surface area contributed by atoms with Gasteiger partial charge in [0.15, 0.2) is 12.6 Å². The van der Waals surface area contributed by atoms with Gasteiger partial charge in [0.2, 0.25) is 0 Å². The molecule has 0 aliphatic carbocycles. The summed E-state index contributed by atoms with van der Waals surface area (Å²) in [5, 5.41) is 0. The highest BCUT2D eigenvalue weighted by atomic mass is 16.7. The molecule has 1 rings (SSSR count). The summed E-state index contributed by atoms with van der Waals surface area (Å²) in [4.78, 5) is 12.2. The fourth-order valence-electron chi connectivity index (χ4n) is 2.67. The van der Waals surface area contributed by atoms with Crippen LogP contribution in [0.2, 0.25) is 0 Å². The minimum absolute atomic E-state index is 0.204. The topological polar surface area (TPSA) is 63.2 Å². The van der Waals surface area contributed by atoms with E-state index in [9.17, 15) is 4.79 Å². The molecule has 0 amide bonds. The van der Waals surface area contributed by atoms with Crippen molar-refractivity contribution in [1.82, 2.24) is 0 Å². The van der Waals surface area contributed by atoms with E-state index < -0.39 is 6.29 Å². The van der Waals surface area contributed by atoms with Crippen LogP contribution in [0, 0.1) is 0 Å². The molecule has 0 spiro atoms. The van der Waals surface area contributed by atoms with E-state index in [-0.39, 0.29) is 18.4 Å². The van der Waals surface area contributed by atoms with Gasteiger partial charge < -0.3 is 23.7 Å². The molecule has 0 fully saturated rings. The van der Waals surface area contributed by atoms with Crippen molar-refractivity contribution in [2.24, 2.45) is 0 Å². The Morgan fingerprint density at radius 2 is 1.73 bits per heavy atom. The number of ether oxygens (including phenoxy) is 5. The second-order valence-electron chi connectivity index (χ2n) is 5.22. The van der Waals surface area contributed by atoms with Gasteiger partial charge in [0.05, 0.1) is 5.57 Å². The van der Waals surface area contributed by atoms with Crippen LogP contribution in [0.25, 0.3) is 0 Å². The first-order valence-electron chi connectivity index (χ1n) is 7.67. The minimum Gasteiger partial charge on any atom is -0.454 e. The SMILES string of the molecule is CCCC[C@@H]1OC(=O)C(C(OC)OC)=C1CCC(OC)OC.